The maximum absolute atomic E-state index is 11.0. The van der Waals surface area contributed by atoms with Gasteiger partial charge in [0.2, 0.25) is 0 Å². The Labute approximate surface area is 191 Å². The Morgan fingerprint density at radius 3 is 1.81 bits per heavy atom. The lowest BCUT2D eigenvalue weighted by Crippen LogP contribution is -2.59. The molecule has 4 aliphatic rings. The van der Waals surface area contributed by atoms with Crippen molar-refractivity contribution in [3.8, 4) is 0 Å². The van der Waals surface area contributed by atoms with Crippen LogP contribution in [-0.2, 0) is 4.79 Å². The summed E-state index contributed by atoms with van der Waals surface area (Å²) in [6.45, 7) is 25.1. The molecular weight excluding hydrogens is 388 g/mol. The highest BCUT2D eigenvalue weighted by Gasteiger charge is 2.48. The lowest BCUT2D eigenvalue weighted by atomic mass is 9.78. The Morgan fingerprint density at radius 2 is 1.32 bits per heavy atom. The number of hydrogen-bond acceptors (Lipinski definition) is 6. The standard InChI is InChI=1S/2C12H22N2O.CH4/c1-10(2)14-5-4-12(9-14)7-13(8-12)6-11(3)15;1-10(2)14-8-12(9-14)4-5-13(7-12)6-11(3)15;/h10,15H,3-9H2,1-2H3;10H,4-9H2,1-3H3;1H4. The minimum absolute atomic E-state index is 0. The van der Waals surface area contributed by atoms with E-state index in [0.717, 1.165) is 26.2 Å². The van der Waals surface area contributed by atoms with Crippen LogP contribution >= 0.6 is 0 Å². The van der Waals surface area contributed by atoms with E-state index in [0.29, 0.717) is 47.5 Å². The molecule has 0 aromatic rings. The molecule has 6 heteroatoms. The monoisotopic (exact) mass is 436 g/mol. The van der Waals surface area contributed by atoms with Crippen molar-refractivity contribution in [3.05, 3.63) is 12.3 Å². The van der Waals surface area contributed by atoms with Crippen LogP contribution in [0.15, 0.2) is 12.3 Å². The van der Waals surface area contributed by atoms with E-state index in [-0.39, 0.29) is 7.43 Å². The summed E-state index contributed by atoms with van der Waals surface area (Å²) in [5.41, 5.74) is 1.05. The van der Waals surface area contributed by atoms with Crippen molar-refractivity contribution in [1.82, 2.24) is 19.6 Å². The minimum Gasteiger partial charge on any atom is -0.512 e. The van der Waals surface area contributed by atoms with Gasteiger partial charge in [-0.05, 0) is 60.5 Å². The van der Waals surface area contributed by atoms with Crippen molar-refractivity contribution in [2.45, 2.75) is 67.0 Å². The highest BCUT2D eigenvalue weighted by atomic mass is 16.3. The molecule has 4 heterocycles. The third kappa shape index (κ3) is 6.53. The Kier molecular flexibility index (Phi) is 8.76. The summed E-state index contributed by atoms with van der Waals surface area (Å²) in [7, 11) is 0. The number of likely N-dealkylation sites (tertiary alicyclic amines) is 4. The van der Waals surface area contributed by atoms with Crippen LogP contribution in [0.2, 0.25) is 0 Å². The van der Waals surface area contributed by atoms with E-state index in [1.54, 1.807) is 6.92 Å². The first-order valence-corrected chi connectivity index (χ1v) is 11.8. The van der Waals surface area contributed by atoms with Crippen molar-refractivity contribution in [1.29, 1.82) is 0 Å². The summed E-state index contributed by atoms with van der Waals surface area (Å²) in [6, 6.07) is 1.35. The van der Waals surface area contributed by atoms with Gasteiger partial charge in [0.05, 0.1) is 18.8 Å². The SMILES string of the molecule is C.C=C(O)CN1CC2(CCN(C(C)C)C2)C1.CC(=O)CN1CCC2(C1)CN(C(C)C)C2. The van der Waals surface area contributed by atoms with E-state index in [2.05, 4.69) is 53.9 Å². The molecule has 4 aliphatic heterocycles. The van der Waals surface area contributed by atoms with Crippen LogP contribution in [0.5, 0.6) is 0 Å². The number of carbonyl (C=O) groups excluding carboxylic acids is 1. The number of aliphatic hydroxyl groups excluding tert-OH is 1. The number of aliphatic hydroxyl groups is 1. The first-order chi connectivity index (χ1) is 14.0. The molecule has 0 aromatic heterocycles. The van der Waals surface area contributed by atoms with Crippen LogP contribution in [0, 0.1) is 10.8 Å². The molecule has 31 heavy (non-hydrogen) atoms. The van der Waals surface area contributed by atoms with Crippen LogP contribution in [0.4, 0.5) is 0 Å². The van der Waals surface area contributed by atoms with Gasteiger partial charge in [0.15, 0.2) is 0 Å². The lowest BCUT2D eigenvalue weighted by Gasteiger charge is -2.50. The molecular formula is C25H48N4O2. The quantitative estimate of drug-likeness (QED) is 0.646. The van der Waals surface area contributed by atoms with Gasteiger partial charge in [-0.15, -0.1) is 0 Å². The summed E-state index contributed by atoms with van der Waals surface area (Å²) in [4.78, 5) is 20.7. The van der Waals surface area contributed by atoms with Gasteiger partial charge in [0, 0.05) is 62.2 Å². The smallest absolute Gasteiger partial charge is 0.143 e. The molecule has 0 saturated carbocycles. The van der Waals surface area contributed by atoms with Gasteiger partial charge in [-0.25, -0.2) is 0 Å². The predicted octanol–water partition coefficient (Wildman–Crippen LogP) is 3.10. The lowest BCUT2D eigenvalue weighted by molar-refractivity contribution is -0.118. The first-order valence-electron chi connectivity index (χ1n) is 11.8. The summed E-state index contributed by atoms with van der Waals surface area (Å²) >= 11 is 0. The highest BCUT2D eigenvalue weighted by Crippen LogP contribution is 2.41. The van der Waals surface area contributed by atoms with E-state index in [1.807, 2.05) is 0 Å². The maximum Gasteiger partial charge on any atom is 0.143 e. The van der Waals surface area contributed by atoms with E-state index in [1.165, 1.54) is 39.0 Å². The second-order valence-corrected chi connectivity index (χ2v) is 11.2. The second-order valence-electron chi connectivity index (χ2n) is 11.2. The average molecular weight is 437 g/mol. The van der Waals surface area contributed by atoms with Crippen molar-refractivity contribution >= 4 is 5.78 Å². The molecule has 180 valence electrons. The normalized spacial score (nSPS) is 25.3. The number of carbonyl (C=O) groups is 1. The number of Topliss-reactive ketones (excluding diaryl/α,β-unsaturated/α-hetero) is 1. The van der Waals surface area contributed by atoms with Crippen molar-refractivity contribution < 1.29 is 9.90 Å². The molecule has 0 bridgehead atoms. The van der Waals surface area contributed by atoms with Crippen LogP contribution < -0.4 is 0 Å². The summed E-state index contributed by atoms with van der Waals surface area (Å²) in [5, 5.41) is 9.11. The molecule has 0 radical (unpaired) electrons. The molecule has 0 unspecified atom stereocenters. The fourth-order valence-corrected chi connectivity index (χ4v) is 5.86. The highest BCUT2D eigenvalue weighted by molar-refractivity contribution is 5.77. The Balaban J connectivity index is 0.000000213. The van der Waals surface area contributed by atoms with Gasteiger partial charge in [0.25, 0.3) is 0 Å². The van der Waals surface area contributed by atoms with Crippen molar-refractivity contribution in [3.63, 3.8) is 0 Å². The van der Waals surface area contributed by atoms with E-state index in [4.69, 9.17) is 5.11 Å². The second kappa shape index (κ2) is 10.3. The Morgan fingerprint density at radius 1 is 0.839 bits per heavy atom. The maximum atomic E-state index is 11.0. The van der Waals surface area contributed by atoms with E-state index < -0.39 is 0 Å². The van der Waals surface area contributed by atoms with Gasteiger partial charge in [0.1, 0.15) is 5.78 Å². The molecule has 4 fully saturated rings. The minimum atomic E-state index is 0. The van der Waals surface area contributed by atoms with Crippen molar-refractivity contribution in [2.24, 2.45) is 10.8 Å². The predicted molar refractivity (Wildman–Crippen MR) is 130 cm³/mol. The topological polar surface area (TPSA) is 50.3 Å². The van der Waals surface area contributed by atoms with Crippen LogP contribution in [0.3, 0.4) is 0 Å². The van der Waals surface area contributed by atoms with Gasteiger partial charge >= 0.3 is 0 Å². The Hall–Kier alpha value is -0.950. The summed E-state index contributed by atoms with van der Waals surface area (Å²) < 4.78 is 0. The van der Waals surface area contributed by atoms with Crippen molar-refractivity contribution in [2.75, 3.05) is 65.4 Å². The van der Waals surface area contributed by atoms with Gasteiger partial charge in [-0.1, -0.05) is 14.0 Å². The van der Waals surface area contributed by atoms with Crippen LogP contribution in [-0.4, -0.2) is 108 Å². The third-order valence-corrected chi connectivity index (χ3v) is 7.49. The molecule has 6 nitrogen and oxygen atoms in total. The zero-order valence-electron chi connectivity index (χ0n) is 20.0. The summed E-state index contributed by atoms with van der Waals surface area (Å²) in [5.74, 6) is 0.593. The number of rotatable bonds is 6. The molecule has 1 N–H and O–H groups in total. The number of hydrogen-bond donors (Lipinski definition) is 1. The summed E-state index contributed by atoms with van der Waals surface area (Å²) in [6.07, 6.45) is 2.60. The number of nitrogens with zero attached hydrogens (tertiary/aromatic N) is 4. The molecule has 0 amide bonds. The van der Waals surface area contributed by atoms with Gasteiger partial charge in [-0.3, -0.25) is 19.5 Å². The fraction of sp³-hybridized carbons (Fsp3) is 0.880. The number of ketones is 1. The molecule has 0 atom stereocenters. The van der Waals surface area contributed by atoms with Crippen LogP contribution in [0.1, 0.15) is 54.9 Å². The molecule has 2 spiro atoms. The van der Waals surface area contributed by atoms with E-state index >= 15 is 0 Å². The molecule has 4 rings (SSSR count). The average Bonchev–Trinajstić information content (AvgIpc) is 3.17. The first kappa shape index (κ1) is 26.3. The van der Waals surface area contributed by atoms with Crippen LogP contribution in [0.25, 0.3) is 0 Å². The molecule has 0 aromatic carbocycles. The third-order valence-electron chi connectivity index (χ3n) is 7.49. The van der Waals surface area contributed by atoms with Gasteiger partial charge in [-0.2, -0.15) is 0 Å². The molecule has 4 saturated heterocycles. The largest absolute Gasteiger partial charge is 0.512 e. The fourth-order valence-electron chi connectivity index (χ4n) is 5.86. The zero-order valence-corrected chi connectivity index (χ0v) is 20.0. The molecule has 0 aliphatic carbocycles. The Bertz CT molecular complexity index is 621. The zero-order chi connectivity index (χ0) is 22.1. The van der Waals surface area contributed by atoms with Gasteiger partial charge < -0.3 is 10.0 Å². The van der Waals surface area contributed by atoms with E-state index in [9.17, 15) is 4.79 Å².